The highest BCUT2D eigenvalue weighted by molar-refractivity contribution is 9.10. The summed E-state index contributed by atoms with van der Waals surface area (Å²) in [6, 6.07) is 24.8. The molecule has 3 aromatic rings. The van der Waals surface area contributed by atoms with Gasteiger partial charge in [0.1, 0.15) is 0 Å². The number of rotatable bonds is 3. The van der Waals surface area contributed by atoms with Crippen LogP contribution in [0.15, 0.2) is 89.1 Å². The molecule has 1 aliphatic rings. The number of amides is 1. The van der Waals surface area contributed by atoms with E-state index in [1.807, 2.05) is 85.8 Å². The number of anilines is 1. The van der Waals surface area contributed by atoms with E-state index in [1.165, 1.54) is 0 Å². The Bertz CT molecular complexity index is 1030. The summed E-state index contributed by atoms with van der Waals surface area (Å²) in [6.07, 6.45) is 0. The second kappa shape index (κ2) is 7.05. The number of nitrogens with zero attached hydrogens (tertiary/aromatic N) is 1. The molecule has 0 aromatic heterocycles. The number of carbonyl (C=O) groups is 1. The maximum Gasteiger partial charge on any atom is 0.294 e. The van der Waals surface area contributed by atoms with Gasteiger partial charge in [-0.3, -0.25) is 9.69 Å². The van der Waals surface area contributed by atoms with Gasteiger partial charge in [-0.2, -0.15) is 0 Å². The zero-order valence-electron chi connectivity index (χ0n) is 14.8. The molecule has 27 heavy (non-hydrogen) atoms. The van der Waals surface area contributed by atoms with Crippen LogP contribution in [0.1, 0.15) is 22.7 Å². The predicted molar refractivity (Wildman–Crippen MR) is 112 cm³/mol. The first-order chi connectivity index (χ1) is 13.1. The van der Waals surface area contributed by atoms with Gasteiger partial charge in [-0.25, -0.2) is 0 Å². The molecular weight excluding hydrogens is 402 g/mol. The molecule has 3 nitrogen and oxygen atoms in total. The molecule has 1 heterocycles. The third-order valence-corrected chi connectivity index (χ3v) is 5.26. The van der Waals surface area contributed by atoms with Crippen LogP contribution in [0.25, 0.3) is 5.57 Å². The molecule has 4 rings (SSSR count). The average molecular weight is 420 g/mol. The first kappa shape index (κ1) is 17.6. The maximum absolute atomic E-state index is 13.0. The van der Waals surface area contributed by atoms with Crippen LogP contribution in [-0.2, 0) is 4.79 Å². The minimum Gasteiger partial charge on any atom is -0.503 e. The van der Waals surface area contributed by atoms with Crippen molar-refractivity contribution >= 4 is 33.1 Å². The second-order valence-corrected chi connectivity index (χ2v) is 7.51. The Morgan fingerprint density at radius 1 is 0.926 bits per heavy atom. The van der Waals surface area contributed by atoms with Crippen LogP contribution in [-0.4, -0.2) is 11.0 Å². The van der Waals surface area contributed by atoms with E-state index in [0.29, 0.717) is 5.57 Å². The number of aliphatic hydroxyl groups excluding tert-OH is 1. The van der Waals surface area contributed by atoms with Crippen molar-refractivity contribution in [2.75, 3.05) is 4.90 Å². The largest absolute Gasteiger partial charge is 0.503 e. The first-order valence-corrected chi connectivity index (χ1v) is 9.50. The van der Waals surface area contributed by atoms with Crippen LogP contribution in [0.4, 0.5) is 5.69 Å². The number of aliphatic hydroxyl groups is 1. The highest BCUT2D eigenvalue weighted by Crippen LogP contribution is 2.45. The fourth-order valence-corrected chi connectivity index (χ4v) is 3.90. The van der Waals surface area contributed by atoms with Crippen molar-refractivity contribution in [1.29, 1.82) is 0 Å². The highest BCUT2D eigenvalue weighted by atomic mass is 79.9. The Labute approximate surface area is 166 Å². The van der Waals surface area contributed by atoms with Crippen LogP contribution in [0, 0.1) is 6.92 Å². The molecule has 3 aromatic carbocycles. The summed E-state index contributed by atoms with van der Waals surface area (Å²) in [6.45, 7) is 2.01. The van der Waals surface area contributed by atoms with E-state index >= 15 is 0 Å². The number of hydrogen-bond donors (Lipinski definition) is 1. The second-order valence-electron chi connectivity index (χ2n) is 6.60. The molecule has 1 atom stereocenters. The van der Waals surface area contributed by atoms with Crippen molar-refractivity contribution in [3.8, 4) is 0 Å². The molecule has 1 unspecified atom stereocenters. The van der Waals surface area contributed by atoms with Crippen LogP contribution in [0.2, 0.25) is 0 Å². The number of halogens is 1. The summed E-state index contributed by atoms with van der Waals surface area (Å²) in [7, 11) is 0. The van der Waals surface area contributed by atoms with E-state index in [2.05, 4.69) is 15.9 Å². The smallest absolute Gasteiger partial charge is 0.294 e. The van der Waals surface area contributed by atoms with Gasteiger partial charge in [-0.15, -0.1) is 0 Å². The summed E-state index contributed by atoms with van der Waals surface area (Å²) < 4.78 is 0.926. The Balaban J connectivity index is 1.92. The third-order valence-electron chi connectivity index (χ3n) is 4.77. The van der Waals surface area contributed by atoms with E-state index < -0.39 is 6.04 Å². The lowest BCUT2D eigenvalue weighted by Crippen LogP contribution is -2.30. The summed E-state index contributed by atoms with van der Waals surface area (Å²) in [4.78, 5) is 14.7. The summed E-state index contributed by atoms with van der Waals surface area (Å²) >= 11 is 3.52. The Morgan fingerprint density at radius 2 is 1.63 bits per heavy atom. The van der Waals surface area contributed by atoms with Crippen molar-refractivity contribution in [3.05, 3.63) is 106 Å². The molecular formula is C23H18BrNO2. The Kier molecular flexibility index (Phi) is 4.58. The van der Waals surface area contributed by atoms with E-state index in [-0.39, 0.29) is 11.7 Å². The van der Waals surface area contributed by atoms with E-state index in [0.717, 1.165) is 26.9 Å². The van der Waals surface area contributed by atoms with Gasteiger partial charge >= 0.3 is 0 Å². The lowest BCUT2D eigenvalue weighted by molar-refractivity contribution is -0.117. The SMILES string of the molecule is Cc1ccc(N2C(=O)C(O)=C(c3ccccc3)C2c2cccc(Br)c2)cc1. The first-order valence-electron chi connectivity index (χ1n) is 8.70. The number of benzene rings is 3. The number of carbonyl (C=O) groups excluding carboxylic acids is 1. The maximum atomic E-state index is 13.0. The normalized spacial score (nSPS) is 16.9. The molecule has 0 aliphatic carbocycles. The zero-order chi connectivity index (χ0) is 19.0. The molecule has 0 saturated carbocycles. The van der Waals surface area contributed by atoms with Crippen LogP contribution in [0.3, 0.4) is 0 Å². The van der Waals surface area contributed by atoms with Crippen molar-refractivity contribution in [2.24, 2.45) is 0 Å². The van der Waals surface area contributed by atoms with Gasteiger partial charge in [0.25, 0.3) is 5.91 Å². The molecule has 0 radical (unpaired) electrons. The Hall–Kier alpha value is -2.85. The molecule has 0 saturated heterocycles. The monoisotopic (exact) mass is 419 g/mol. The van der Waals surface area contributed by atoms with Crippen LogP contribution in [0.5, 0.6) is 0 Å². The summed E-state index contributed by atoms with van der Waals surface area (Å²) in [5.74, 6) is -0.588. The highest BCUT2D eigenvalue weighted by Gasteiger charge is 2.41. The fourth-order valence-electron chi connectivity index (χ4n) is 3.48. The minimum absolute atomic E-state index is 0.202. The van der Waals surface area contributed by atoms with Crippen molar-refractivity contribution in [1.82, 2.24) is 0 Å². The van der Waals surface area contributed by atoms with Gasteiger partial charge in [-0.1, -0.05) is 76.1 Å². The lowest BCUT2D eigenvalue weighted by atomic mass is 9.93. The molecule has 1 aliphatic heterocycles. The van der Waals surface area contributed by atoms with Gasteiger partial charge in [0.05, 0.1) is 6.04 Å². The van der Waals surface area contributed by atoms with Gasteiger partial charge < -0.3 is 5.11 Å². The summed E-state index contributed by atoms with van der Waals surface area (Å²) in [5, 5.41) is 10.8. The number of hydrogen-bond acceptors (Lipinski definition) is 2. The molecule has 1 N–H and O–H groups in total. The average Bonchev–Trinajstić information content (AvgIpc) is 2.94. The van der Waals surface area contributed by atoms with Gasteiger partial charge in [0.15, 0.2) is 5.76 Å². The molecule has 0 spiro atoms. The van der Waals surface area contributed by atoms with Gasteiger partial charge in [0, 0.05) is 15.7 Å². The fraction of sp³-hybridized carbons (Fsp3) is 0.0870. The number of aryl methyl sites for hydroxylation is 1. The standard InChI is InChI=1S/C23H18BrNO2/c1-15-10-12-19(13-11-15)25-21(17-8-5-9-18(24)14-17)20(22(26)23(25)27)16-6-3-2-4-7-16/h2-14,21,26H,1H3. The molecule has 0 bridgehead atoms. The van der Waals surface area contributed by atoms with Crippen LogP contribution < -0.4 is 4.90 Å². The minimum atomic E-state index is -0.403. The third kappa shape index (κ3) is 3.17. The van der Waals surface area contributed by atoms with Gasteiger partial charge in [0.2, 0.25) is 0 Å². The molecule has 4 heteroatoms. The quantitative estimate of drug-likeness (QED) is 0.581. The zero-order valence-corrected chi connectivity index (χ0v) is 16.3. The van der Waals surface area contributed by atoms with Crippen LogP contribution >= 0.6 is 15.9 Å². The van der Waals surface area contributed by atoms with E-state index in [9.17, 15) is 9.90 Å². The molecule has 0 fully saturated rings. The van der Waals surface area contributed by atoms with E-state index in [1.54, 1.807) is 4.90 Å². The lowest BCUT2D eigenvalue weighted by Gasteiger charge is -2.27. The van der Waals surface area contributed by atoms with Gasteiger partial charge in [-0.05, 0) is 42.3 Å². The van der Waals surface area contributed by atoms with Crippen molar-refractivity contribution in [2.45, 2.75) is 13.0 Å². The van der Waals surface area contributed by atoms with Crippen molar-refractivity contribution in [3.63, 3.8) is 0 Å². The predicted octanol–water partition coefficient (Wildman–Crippen LogP) is 5.81. The molecule has 134 valence electrons. The topological polar surface area (TPSA) is 40.5 Å². The van der Waals surface area contributed by atoms with Crippen molar-refractivity contribution < 1.29 is 9.90 Å². The summed E-state index contributed by atoms with van der Waals surface area (Å²) in [5.41, 5.74) is 4.27. The Morgan fingerprint density at radius 3 is 2.30 bits per heavy atom. The van der Waals surface area contributed by atoms with E-state index in [4.69, 9.17) is 0 Å². The molecule has 1 amide bonds.